The largest absolute Gasteiger partial charge is 0.478 e. The van der Waals surface area contributed by atoms with Gasteiger partial charge in [0.2, 0.25) is 0 Å². The van der Waals surface area contributed by atoms with Crippen LogP contribution in [-0.4, -0.2) is 11.1 Å². The molecule has 0 aliphatic heterocycles. The van der Waals surface area contributed by atoms with Crippen molar-refractivity contribution < 1.29 is 9.90 Å². The zero-order chi connectivity index (χ0) is 18.5. The molecule has 0 radical (unpaired) electrons. The van der Waals surface area contributed by atoms with Gasteiger partial charge >= 0.3 is 5.97 Å². The predicted octanol–water partition coefficient (Wildman–Crippen LogP) is 5.54. The number of rotatable bonds is 6. The van der Waals surface area contributed by atoms with Crippen LogP contribution in [0.4, 0.5) is 5.69 Å². The molecule has 0 amide bonds. The van der Waals surface area contributed by atoms with E-state index in [4.69, 9.17) is 5.11 Å². The van der Waals surface area contributed by atoms with E-state index in [2.05, 4.69) is 24.0 Å². The van der Waals surface area contributed by atoms with E-state index in [0.717, 1.165) is 29.4 Å². The molecule has 0 saturated carbocycles. The van der Waals surface area contributed by atoms with Gasteiger partial charge in [0.1, 0.15) is 0 Å². The van der Waals surface area contributed by atoms with E-state index in [1.54, 1.807) is 6.08 Å². The highest BCUT2D eigenvalue weighted by Crippen LogP contribution is 2.14. The summed E-state index contributed by atoms with van der Waals surface area (Å²) in [5.41, 5.74) is 3.89. The SMILES string of the molecule is C/C=C\C.C=C(Cc1ccccc1)Nc1ccc(/C=C/C(=O)O)cc1. The summed E-state index contributed by atoms with van der Waals surface area (Å²) in [5, 5.41) is 11.8. The second kappa shape index (κ2) is 11.5. The maximum absolute atomic E-state index is 10.4. The third-order valence-electron chi connectivity index (χ3n) is 3.24. The zero-order valence-corrected chi connectivity index (χ0v) is 14.8. The molecule has 2 N–H and O–H groups in total. The van der Waals surface area contributed by atoms with Crippen molar-refractivity contribution in [2.24, 2.45) is 0 Å². The van der Waals surface area contributed by atoms with Crippen LogP contribution in [0.3, 0.4) is 0 Å². The number of carbonyl (C=O) groups is 1. The quantitative estimate of drug-likeness (QED) is 0.538. The first kappa shape index (κ1) is 20.0. The Morgan fingerprint density at radius 3 is 2.16 bits per heavy atom. The maximum atomic E-state index is 10.4. The van der Waals surface area contributed by atoms with Crippen LogP contribution >= 0.6 is 0 Å². The average molecular weight is 335 g/mol. The molecule has 2 rings (SSSR count). The van der Waals surface area contributed by atoms with Gasteiger partial charge in [0.05, 0.1) is 0 Å². The Kier molecular flexibility index (Phi) is 9.16. The molecule has 0 spiro atoms. The van der Waals surface area contributed by atoms with Crippen molar-refractivity contribution in [1.82, 2.24) is 0 Å². The minimum absolute atomic E-state index is 0.765. The first-order valence-electron chi connectivity index (χ1n) is 8.12. The number of allylic oxidation sites excluding steroid dienone is 3. The molecule has 0 heterocycles. The summed E-state index contributed by atoms with van der Waals surface area (Å²) < 4.78 is 0. The first-order valence-corrected chi connectivity index (χ1v) is 8.12. The number of nitrogens with one attached hydrogen (secondary N) is 1. The van der Waals surface area contributed by atoms with Crippen molar-refractivity contribution in [2.45, 2.75) is 20.3 Å². The fraction of sp³-hybridized carbons (Fsp3) is 0.136. The Hall–Kier alpha value is -3.07. The molecule has 0 saturated heterocycles. The number of carboxylic acids is 1. The summed E-state index contributed by atoms with van der Waals surface area (Å²) in [7, 11) is 0. The van der Waals surface area contributed by atoms with E-state index in [9.17, 15) is 4.79 Å². The lowest BCUT2D eigenvalue weighted by Gasteiger charge is -2.10. The van der Waals surface area contributed by atoms with Crippen LogP contribution < -0.4 is 5.32 Å². The number of hydrogen-bond donors (Lipinski definition) is 2. The Morgan fingerprint density at radius 1 is 1.04 bits per heavy atom. The first-order chi connectivity index (χ1) is 12.0. The van der Waals surface area contributed by atoms with Crippen LogP contribution in [0.1, 0.15) is 25.0 Å². The Balaban J connectivity index is 0.000000705. The molecule has 3 heteroatoms. The zero-order valence-electron chi connectivity index (χ0n) is 14.8. The van der Waals surface area contributed by atoms with Crippen molar-refractivity contribution in [3.05, 3.63) is 96.2 Å². The summed E-state index contributed by atoms with van der Waals surface area (Å²) in [4.78, 5) is 10.4. The van der Waals surface area contributed by atoms with Crippen molar-refractivity contribution in [3.63, 3.8) is 0 Å². The van der Waals surface area contributed by atoms with Gasteiger partial charge in [-0.2, -0.15) is 0 Å². The lowest BCUT2D eigenvalue weighted by atomic mass is 10.1. The standard InChI is InChI=1S/C18H17NO2.C4H8/c1-14(13-16-5-3-2-4-6-16)19-17-10-7-15(8-11-17)9-12-18(20)21;1-3-4-2/h2-12,19H,1,13H2,(H,20,21);3-4H,1-2H3/b12-9+;4-3-. The molecule has 0 aliphatic rings. The average Bonchev–Trinajstić information content (AvgIpc) is 2.62. The molecule has 0 unspecified atom stereocenters. The third-order valence-corrected chi connectivity index (χ3v) is 3.24. The molecular formula is C22H25NO2. The highest BCUT2D eigenvalue weighted by Gasteiger charge is 1.98. The molecule has 0 bridgehead atoms. The van der Waals surface area contributed by atoms with E-state index in [0.29, 0.717) is 0 Å². The summed E-state index contributed by atoms with van der Waals surface area (Å²) in [5.74, 6) is -0.951. The van der Waals surface area contributed by atoms with Crippen LogP contribution in [0, 0.1) is 0 Å². The second-order valence-electron chi connectivity index (χ2n) is 5.35. The molecule has 0 atom stereocenters. The fourth-order valence-corrected chi connectivity index (χ4v) is 1.94. The lowest BCUT2D eigenvalue weighted by molar-refractivity contribution is -0.131. The smallest absolute Gasteiger partial charge is 0.328 e. The van der Waals surface area contributed by atoms with Crippen LogP contribution in [0.25, 0.3) is 6.08 Å². The van der Waals surface area contributed by atoms with Gasteiger partial charge in [0, 0.05) is 23.9 Å². The number of benzene rings is 2. The van der Waals surface area contributed by atoms with Gasteiger partial charge in [0.15, 0.2) is 0 Å². The summed E-state index contributed by atoms with van der Waals surface area (Å²) >= 11 is 0. The summed E-state index contributed by atoms with van der Waals surface area (Å²) in [6.45, 7) is 8.02. The Morgan fingerprint density at radius 2 is 1.64 bits per heavy atom. The predicted molar refractivity (Wildman–Crippen MR) is 107 cm³/mol. The van der Waals surface area contributed by atoms with Gasteiger partial charge in [0.25, 0.3) is 0 Å². The van der Waals surface area contributed by atoms with E-state index in [-0.39, 0.29) is 0 Å². The van der Waals surface area contributed by atoms with E-state index < -0.39 is 5.97 Å². The van der Waals surface area contributed by atoms with Gasteiger partial charge in [-0.15, -0.1) is 0 Å². The minimum Gasteiger partial charge on any atom is -0.478 e. The molecule has 0 fully saturated rings. The molecular weight excluding hydrogens is 310 g/mol. The molecule has 3 nitrogen and oxygen atoms in total. The fourth-order valence-electron chi connectivity index (χ4n) is 1.94. The molecule has 2 aromatic rings. The van der Waals surface area contributed by atoms with E-state index in [1.165, 1.54) is 5.56 Å². The van der Waals surface area contributed by atoms with Crippen molar-refractivity contribution in [2.75, 3.05) is 5.32 Å². The molecule has 0 aliphatic carbocycles. The molecule has 25 heavy (non-hydrogen) atoms. The van der Waals surface area contributed by atoms with Crippen LogP contribution in [0.5, 0.6) is 0 Å². The summed E-state index contributed by atoms with van der Waals surface area (Å²) in [6.07, 6.45) is 7.45. The second-order valence-corrected chi connectivity index (χ2v) is 5.35. The minimum atomic E-state index is -0.951. The van der Waals surface area contributed by atoms with Gasteiger partial charge in [-0.3, -0.25) is 0 Å². The van der Waals surface area contributed by atoms with Gasteiger partial charge < -0.3 is 10.4 Å². The van der Waals surface area contributed by atoms with Crippen LogP contribution in [-0.2, 0) is 11.2 Å². The Labute approximate surface area is 150 Å². The van der Waals surface area contributed by atoms with Gasteiger partial charge in [-0.05, 0) is 43.2 Å². The van der Waals surface area contributed by atoms with Gasteiger partial charge in [-0.1, -0.05) is 61.2 Å². The van der Waals surface area contributed by atoms with Crippen LogP contribution in [0.2, 0.25) is 0 Å². The highest BCUT2D eigenvalue weighted by molar-refractivity contribution is 5.85. The van der Waals surface area contributed by atoms with Gasteiger partial charge in [-0.25, -0.2) is 4.79 Å². The Bertz CT molecular complexity index is 709. The van der Waals surface area contributed by atoms with Crippen molar-refractivity contribution >= 4 is 17.7 Å². The number of hydrogen-bond acceptors (Lipinski definition) is 2. The third kappa shape index (κ3) is 8.96. The topological polar surface area (TPSA) is 49.3 Å². The van der Waals surface area contributed by atoms with E-state index in [1.807, 2.05) is 68.5 Å². The van der Waals surface area contributed by atoms with Crippen molar-refractivity contribution in [3.8, 4) is 0 Å². The lowest BCUT2D eigenvalue weighted by Crippen LogP contribution is -2.01. The number of carboxylic acid groups (broad SMARTS) is 1. The normalized spacial score (nSPS) is 10.3. The maximum Gasteiger partial charge on any atom is 0.328 e. The molecule has 130 valence electrons. The monoisotopic (exact) mass is 335 g/mol. The van der Waals surface area contributed by atoms with Crippen LogP contribution in [0.15, 0.2) is 85.1 Å². The molecule has 2 aromatic carbocycles. The van der Waals surface area contributed by atoms with Crippen molar-refractivity contribution in [1.29, 1.82) is 0 Å². The highest BCUT2D eigenvalue weighted by atomic mass is 16.4. The number of anilines is 1. The summed E-state index contributed by atoms with van der Waals surface area (Å²) in [6, 6.07) is 17.6. The van der Waals surface area contributed by atoms with E-state index >= 15 is 0 Å². The number of aliphatic carboxylic acids is 1. The molecule has 0 aromatic heterocycles.